The number of rotatable bonds is 2. The Bertz CT molecular complexity index is 109. The highest BCUT2D eigenvalue weighted by Gasteiger charge is 2.41. The Balaban J connectivity index is 4.40. The smallest absolute Gasteiger partial charge is 0.106 e. The normalized spacial score (nSPS) is 17.1. The molecule has 0 aliphatic rings. The Morgan fingerprint density at radius 3 is 1.40 bits per heavy atom. The third kappa shape index (κ3) is 1.70. The third-order valence-electron chi connectivity index (χ3n) is 2.57. The van der Waals surface area contributed by atoms with Crippen molar-refractivity contribution in [2.75, 3.05) is 0 Å². The van der Waals surface area contributed by atoms with E-state index in [1.807, 2.05) is 0 Å². The lowest BCUT2D eigenvalue weighted by Gasteiger charge is -2.36. The topological polar surface area (TPSA) is 39.8 Å². The lowest BCUT2D eigenvalue weighted by molar-refractivity contribution is -0.150. The average Bonchev–Trinajstić information content (AvgIpc) is 1.62. The molecule has 1 unspecified atom stereocenters. The molecule has 1 atom stereocenters. The molecule has 0 fully saturated rings. The molecule has 10 heavy (non-hydrogen) atoms. The molecule has 0 saturated carbocycles. The summed E-state index contributed by atoms with van der Waals surface area (Å²) in [6.45, 7) is 8.10. The average molecular weight is 144 g/mol. The van der Waals surface area contributed by atoms with E-state index in [4.69, 9.17) is 0 Å². The summed E-state index contributed by atoms with van der Waals surface area (Å²) in [6.07, 6.45) is -0.806. The standard InChI is InChI=1S/C8H16O2/c1-6(9)7(2,3)8(4,5)10/h6H,1-5H3. The zero-order valence-corrected chi connectivity index (χ0v) is 7.39. The Morgan fingerprint density at radius 1 is 1.10 bits per heavy atom. The zero-order chi connectivity index (χ0) is 8.58. The van der Waals surface area contributed by atoms with Gasteiger partial charge in [0.15, 0.2) is 0 Å². The van der Waals surface area contributed by atoms with Crippen LogP contribution in [0.2, 0.25) is 0 Å². The van der Waals surface area contributed by atoms with Crippen molar-refractivity contribution in [3.63, 3.8) is 0 Å². The molecule has 0 aliphatic carbocycles. The molecule has 2 heteroatoms. The van der Waals surface area contributed by atoms with Crippen molar-refractivity contribution in [2.24, 2.45) is 5.41 Å². The highest BCUT2D eigenvalue weighted by molar-refractivity contribution is 4.88. The minimum Gasteiger partial charge on any atom is -0.233 e. The van der Waals surface area contributed by atoms with Crippen LogP contribution in [0.4, 0.5) is 0 Å². The van der Waals surface area contributed by atoms with E-state index < -0.39 is 17.1 Å². The van der Waals surface area contributed by atoms with Crippen LogP contribution in [-0.2, 0) is 10.2 Å². The molecule has 0 aromatic heterocycles. The van der Waals surface area contributed by atoms with Gasteiger partial charge < -0.3 is 0 Å². The zero-order valence-electron chi connectivity index (χ0n) is 7.39. The van der Waals surface area contributed by atoms with Crippen LogP contribution in [-0.4, -0.2) is 11.7 Å². The molecule has 0 amide bonds. The van der Waals surface area contributed by atoms with Gasteiger partial charge in [0, 0.05) is 5.41 Å². The van der Waals surface area contributed by atoms with Gasteiger partial charge in [-0.2, -0.15) is 0 Å². The van der Waals surface area contributed by atoms with Crippen LogP contribution in [0.25, 0.3) is 0 Å². The fourth-order valence-corrected chi connectivity index (χ4v) is 0.490. The van der Waals surface area contributed by atoms with Crippen LogP contribution in [0.3, 0.4) is 0 Å². The molecule has 0 rings (SSSR count). The van der Waals surface area contributed by atoms with Crippen molar-refractivity contribution in [1.29, 1.82) is 0 Å². The molecule has 2 nitrogen and oxygen atoms in total. The number of hydrogen-bond acceptors (Lipinski definition) is 0. The first-order valence-electron chi connectivity index (χ1n) is 3.56. The third-order valence-corrected chi connectivity index (χ3v) is 2.57. The van der Waals surface area contributed by atoms with E-state index in [0.717, 1.165) is 0 Å². The molecule has 0 aliphatic heterocycles. The molecular weight excluding hydrogens is 128 g/mol. The van der Waals surface area contributed by atoms with Crippen LogP contribution >= 0.6 is 0 Å². The molecule has 0 heterocycles. The first-order valence-corrected chi connectivity index (χ1v) is 3.56. The van der Waals surface area contributed by atoms with Crippen LogP contribution < -0.4 is 0 Å². The van der Waals surface area contributed by atoms with Crippen LogP contribution in [0.15, 0.2) is 0 Å². The SMILES string of the molecule is CC([O])C(C)(C)C(C)(C)[O]. The van der Waals surface area contributed by atoms with Crippen LogP contribution in [0.5, 0.6) is 0 Å². The van der Waals surface area contributed by atoms with E-state index >= 15 is 0 Å². The van der Waals surface area contributed by atoms with Crippen molar-refractivity contribution in [1.82, 2.24) is 0 Å². The predicted molar refractivity (Wildman–Crippen MR) is 38.7 cm³/mol. The maximum atomic E-state index is 11.4. The van der Waals surface area contributed by atoms with E-state index in [1.165, 1.54) is 0 Å². The summed E-state index contributed by atoms with van der Waals surface area (Å²) in [7, 11) is 0. The second kappa shape index (κ2) is 2.51. The van der Waals surface area contributed by atoms with E-state index in [0.29, 0.717) is 0 Å². The van der Waals surface area contributed by atoms with Gasteiger partial charge in [-0.3, -0.25) is 0 Å². The van der Waals surface area contributed by atoms with Gasteiger partial charge in [-0.1, -0.05) is 13.8 Å². The predicted octanol–water partition coefficient (Wildman–Crippen LogP) is 2.04. The van der Waals surface area contributed by atoms with Gasteiger partial charge in [0.25, 0.3) is 0 Å². The van der Waals surface area contributed by atoms with E-state index in [2.05, 4.69) is 0 Å². The monoisotopic (exact) mass is 144 g/mol. The van der Waals surface area contributed by atoms with Crippen molar-refractivity contribution in [3.8, 4) is 0 Å². The van der Waals surface area contributed by atoms with E-state index in [9.17, 15) is 10.2 Å². The van der Waals surface area contributed by atoms with E-state index in [1.54, 1.807) is 34.6 Å². The molecule has 0 spiro atoms. The fraction of sp³-hybridized carbons (Fsp3) is 1.00. The van der Waals surface area contributed by atoms with Gasteiger partial charge in [-0.25, -0.2) is 10.2 Å². The summed E-state index contributed by atoms with van der Waals surface area (Å²) in [4.78, 5) is 0. The maximum Gasteiger partial charge on any atom is 0.106 e. The summed E-state index contributed by atoms with van der Waals surface area (Å²) >= 11 is 0. The Kier molecular flexibility index (Phi) is 2.49. The largest absolute Gasteiger partial charge is 0.233 e. The van der Waals surface area contributed by atoms with E-state index in [-0.39, 0.29) is 0 Å². The van der Waals surface area contributed by atoms with Gasteiger partial charge >= 0.3 is 0 Å². The first kappa shape index (κ1) is 9.92. The second-order valence-electron chi connectivity index (χ2n) is 3.87. The van der Waals surface area contributed by atoms with Crippen LogP contribution in [0.1, 0.15) is 34.6 Å². The molecule has 0 saturated heterocycles. The van der Waals surface area contributed by atoms with Crippen molar-refractivity contribution in [2.45, 2.75) is 46.3 Å². The summed E-state index contributed by atoms with van der Waals surface area (Å²) < 4.78 is 0. The summed E-state index contributed by atoms with van der Waals surface area (Å²) in [5, 5.41) is 22.4. The van der Waals surface area contributed by atoms with Crippen molar-refractivity contribution >= 4 is 0 Å². The van der Waals surface area contributed by atoms with Gasteiger partial charge in [0.05, 0.1) is 6.10 Å². The molecule has 0 aromatic rings. The lowest BCUT2D eigenvalue weighted by Crippen LogP contribution is -2.44. The highest BCUT2D eigenvalue weighted by Crippen LogP contribution is 2.34. The minimum absolute atomic E-state index is 0.674. The lowest BCUT2D eigenvalue weighted by atomic mass is 9.73. The molecule has 2 radical (unpaired) electrons. The summed E-state index contributed by atoms with van der Waals surface area (Å²) in [5.74, 6) is 0. The summed E-state index contributed by atoms with van der Waals surface area (Å²) in [6, 6.07) is 0. The Hall–Kier alpha value is -0.0800. The molecule has 0 bridgehead atoms. The van der Waals surface area contributed by atoms with Crippen LogP contribution in [0, 0.1) is 5.41 Å². The first-order chi connectivity index (χ1) is 4.19. The molecule has 60 valence electrons. The van der Waals surface area contributed by atoms with Gasteiger partial charge in [-0.15, -0.1) is 0 Å². The minimum atomic E-state index is -1.14. The van der Waals surface area contributed by atoms with Gasteiger partial charge in [0.2, 0.25) is 0 Å². The molecule has 0 N–H and O–H groups in total. The fourth-order valence-electron chi connectivity index (χ4n) is 0.490. The molecule has 0 aromatic carbocycles. The van der Waals surface area contributed by atoms with Gasteiger partial charge in [-0.05, 0) is 20.8 Å². The van der Waals surface area contributed by atoms with Crippen molar-refractivity contribution < 1.29 is 10.2 Å². The van der Waals surface area contributed by atoms with Gasteiger partial charge in [0.1, 0.15) is 5.60 Å². The number of hydrogen-bond donors (Lipinski definition) is 0. The van der Waals surface area contributed by atoms with Crippen molar-refractivity contribution in [3.05, 3.63) is 0 Å². The highest BCUT2D eigenvalue weighted by atomic mass is 16.3. The second-order valence-corrected chi connectivity index (χ2v) is 3.87. The quantitative estimate of drug-likeness (QED) is 0.569. The Labute approximate surface area is 62.9 Å². The summed E-state index contributed by atoms with van der Waals surface area (Å²) in [5.41, 5.74) is -1.82. The Morgan fingerprint density at radius 2 is 1.40 bits per heavy atom. The maximum absolute atomic E-state index is 11.4. The molecular formula is C8H16O2.